The van der Waals surface area contributed by atoms with E-state index in [4.69, 9.17) is 0 Å². The van der Waals surface area contributed by atoms with Gasteiger partial charge in [0.2, 0.25) is 0 Å². The van der Waals surface area contributed by atoms with Crippen LogP contribution in [0.5, 0.6) is 0 Å². The van der Waals surface area contributed by atoms with Crippen LogP contribution in [0.4, 0.5) is 0 Å². The van der Waals surface area contributed by atoms with E-state index in [9.17, 15) is 0 Å². The molecule has 0 bridgehead atoms. The van der Waals surface area contributed by atoms with Gasteiger partial charge in [0.25, 0.3) is 0 Å². The van der Waals surface area contributed by atoms with Gasteiger partial charge in [0.05, 0.1) is 0 Å². The summed E-state index contributed by atoms with van der Waals surface area (Å²) in [5.74, 6) is 0. The first kappa shape index (κ1) is 8.72. The van der Waals surface area contributed by atoms with E-state index in [0.717, 1.165) is 0 Å². The number of rotatable bonds is 2. The lowest BCUT2D eigenvalue weighted by molar-refractivity contribution is -0.415. The maximum atomic E-state index is 3.68. The van der Waals surface area contributed by atoms with Crippen LogP contribution >= 0.6 is 0 Å². The summed E-state index contributed by atoms with van der Waals surface area (Å²) in [5.41, 5.74) is 2.52. The predicted octanol–water partition coefficient (Wildman–Crippen LogP) is 2.20. The quantitative estimate of drug-likeness (QED) is 0.461. The fourth-order valence-electron chi connectivity index (χ4n) is 1.00. The molecule has 0 amide bonds. The molecule has 0 spiro atoms. The average molecular weight is 160 g/mol. The third-order valence-electron chi connectivity index (χ3n) is 1.82. The largest absolute Gasteiger partial charge is 0.208 e. The summed E-state index contributed by atoms with van der Waals surface area (Å²) in [6.07, 6.45) is 3.84. The minimum Gasteiger partial charge on any atom is -0.208 e. The molecule has 0 aliphatic carbocycles. The molecule has 0 aliphatic rings. The average Bonchev–Trinajstić information content (AvgIpc) is 2.09. The van der Waals surface area contributed by atoms with Crippen molar-refractivity contribution in [3.63, 3.8) is 0 Å². The van der Waals surface area contributed by atoms with Gasteiger partial charge in [-0.05, 0) is 25.1 Å². The van der Waals surface area contributed by atoms with Crippen LogP contribution in [0.15, 0.2) is 37.0 Å². The number of aryl methyl sites for hydroxylation is 1. The van der Waals surface area contributed by atoms with Crippen molar-refractivity contribution < 1.29 is 4.58 Å². The van der Waals surface area contributed by atoms with Crippen LogP contribution in [0.25, 0.3) is 0 Å². The van der Waals surface area contributed by atoms with Crippen LogP contribution in [0, 0.1) is 6.92 Å². The smallest absolute Gasteiger partial charge is 0.176 e. The zero-order valence-corrected chi connectivity index (χ0v) is 7.62. The van der Waals surface area contributed by atoms with Gasteiger partial charge in [-0.15, -0.1) is 0 Å². The summed E-state index contributed by atoms with van der Waals surface area (Å²) < 4.78 is 1.95. The second kappa shape index (κ2) is 3.86. The van der Waals surface area contributed by atoms with Gasteiger partial charge in [0, 0.05) is 5.56 Å². The summed E-state index contributed by atoms with van der Waals surface area (Å²) in [6, 6.07) is 8.27. The first-order chi connectivity index (χ1) is 5.74. The van der Waals surface area contributed by atoms with Gasteiger partial charge in [0.15, 0.2) is 12.4 Å². The number of hydrogen-bond acceptors (Lipinski definition) is 0. The topological polar surface area (TPSA) is 3.01 Å². The van der Waals surface area contributed by atoms with Crippen molar-refractivity contribution in [2.45, 2.75) is 6.92 Å². The molecule has 0 aromatic heterocycles. The van der Waals surface area contributed by atoms with E-state index in [1.807, 2.05) is 23.8 Å². The van der Waals surface area contributed by atoms with Gasteiger partial charge in [-0.25, -0.2) is 4.58 Å². The van der Waals surface area contributed by atoms with E-state index in [2.05, 4.69) is 31.9 Å². The molecule has 1 heteroatoms. The van der Waals surface area contributed by atoms with E-state index < -0.39 is 0 Å². The van der Waals surface area contributed by atoms with Crippen LogP contribution in [0.1, 0.15) is 11.1 Å². The zero-order chi connectivity index (χ0) is 8.97. The summed E-state index contributed by atoms with van der Waals surface area (Å²) in [5, 5.41) is 0. The van der Waals surface area contributed by atoms with E-state index in [0.29, 0.717) is 0 Å². The maximum absolute atomic E-state index is 3.68. The minimum absolute atomic E-state index is 1.24. The lowest BCUT2D eigenvalue weighted by Gasteiger charge is -1.95. The number of nitrogens with zero attached hydrogens (tertiary/aromatic N) is 1. The standard InChI is InChI=1S/C11H14N/c1-4-12(3)9-11-8-6-5-7-10(11)2/h4-9H,1H2,2-3H3/q+1. The van der Waals surface area contributed by atoms with Gasteiger partial charge in [-0.2, -0.15) is 0 Å². The molecule has 0 N–H and O–H groups in total. The van der Waals surface area contributed by atoms with Crippen molar-refractivity contribution in [3.8, 4) is 0 Å². The molecule has 0 saturated heterocycles. The van der Waals surface area contributed by atoms with Gasteiger partial charge in [0.1, 0.15) is 7.05 Å². The molecule has 62 valence electrons. The van der Waals surface area contributed by atoms with Crippen molar-refractivity contribution >= 4 is 6.21 Å². The van der Waals surface area contributed by atoms with Crippen molar-refractivity contribution in [1.29, 1.82) is 0 Å². The Morgan fingerprint density at radius 1 is 1.33 bits per heavy atom. The number of hydrogen-bond donors (Lipinski definition) is 0. The highest BCUT2D eigenvalue weighted by Crippen LogP contribution is 2.02. The molecule has 0 aliphatic heterocycles. The summed E-state index contributed by atoms with van der Waals surface area (Å²) >= 11 is 0. The predicted molar refractivity (Wildman–Crippen MR) is 52.7 cm³/mol. The molecular formula is C11H14N+. The molecule has 0 heterocycles. The van der Waals surface area contributed by atoms with Crippen LogP contribution in [-0.4, -0.2) is 17.8 Å². The van der Waals surface area contributed by atoms with Gasteiger partial charge in [-0.1, -0.05) is 18.2 Å². The third-order valence-corrected chi connectivity index (χ3v) is 1.82. The van der Waals surface area contributed by atoms with E-state index in [-0.39, 0.29) is 0 Å². The molecule has 1 aromatic rings. The lowest BCUT2D eigenvalue weighted by atomic mass is 10.1. The summed E-state index contributed by atoms with van der Waals surface area (Å²) in [7, 11) is 1.97. The van der Waals surface area contributed by atoms with E-state index >= 15 is 0 Å². The Labute approximate surface area is 73.7 Å². The molecule has 0 unspecified atom stereocenters. The van der Waals surface area contributed by atoms with Crippen LogP contribution < -0.4 is 0 Å². The normalized spacial score (nSPS) is 11.3. The highest BCUT2D eigenvalue weighted by molar-refractivity contribution is 5.77. The SMILES string of the molecule is C=C[N+](C)=Cc1ccccc1C. The van der Waals surface area contributed by atoms with E-state index in [1.165, 1.54) is 11.1 Å². The molecule has 0 radical (unpaired) electrons. The first-order valence-corrected chi connectivity index (χ1v) is 3.99. The molecule has 0 atom stereocenters. The molecule has 1 aromatic carbocycles. The summed E-state index contributed by atoms with van der Waals surface area (Å²) in [6.45, 7) is 5.78. The zero-order valence-electron chi connectivity index (χ0n) is 7.62. The minimum atomic E-state index is 1.24. The van der Waals surface area contributed by atoms with Crippen LogP contribution in [-0.2, 0) is 0 Å². The molecule has 1 nitrogen and oxygen atoms in total. The second-order valence-corrected chi connectivity index (χ2v) is 2.83. The molecule has 12 heavy (non-hydrogen) atoms. The van der Waals surface area contributed by atoms with Gasteiger partial charge < -0.3 is 0 Å². The first-order valence-electron chi connectivity index (χ1n) is 3.99. The lowest BCUT2D eigenvalue weighted by Crippen LogP contribution is -1.99. The Kier molecular flexibility index (Phi) is 2.81. The second-order valence-electron chi connectivity index (χ2n) is 2.83. The van der Waals surface area contributed by atoms with E-state index in [1.54, 1.807) is 6.20 Å². The Balaban J connectivity index is 3.04. The Bertz CT molecular complexity index is 311. The molecule has 1 rings (SSSR count). The highest BCUT2D eigenvalue weighted by Gasteiger charge is 1.96. The van der Waals surface area contributed by atoms with Gasteiger partial charge in [-0.3, -0.25) is 0 Å². The van der Waals surface area contributed by atoms with Crippen molar-refractivity contribution in [3.05, 3.63) is 48.2 Å². The van der Waals surface area contributed by atoms with Crippen molar-refractivity contribution in [2.24, 2.45) is 0 Å². The maximum Gasteiger partial charge on any atom is 0.176 e. The number of benzene rings is 1. The molecule has 0 saturated carbocycles. The third kappa shape index (κ3) is 2.06. The Morgan fingerprint density at radius 2 is 2.00 bits per heavy atom. The van der Waals surface area contributed by atoms with Crippen LogP contribution in [0.2, 0.25) is 0 Å². The fourth-order valence-corrected chi connectivity index (χ4v) is 1.00. The highest BCUT2D eigenvalue weighted by atomic mass is 14.9. The monoisotopic (exact) mass is 160 g/mol. The Hall–Kier alpha value is -1.37. The van der Waals surface area contributed by atoms with Gasteiger partial charge >= 0.3 is 0 Å². The Morgan fingerprint density at radius 3 is 2.58 bits per heavy atom. The summed E-state index contributed by atoms with van der Waals surface area (Å²) in [4.78, 5) is 0. The van der Waals surface area contributed by atoms with Crippen molar-refractivity contribution in [1.82, 2.24) is 0 Å². The van der Waals surface area contributed by atoms with Crippen LogP contribution in [0.3, 0.4) is 0 Å². The molecular weight excluding hydrogens is 146 g/mol. The molecule has 0 fully saturated rings. The van der Waals surface area contributed by atoms with Crippen molar-refractivity contribution in [2.75, 3.05) is 7.05 Å². The fraction of sp³-hybridized carbons (Fsp3) is 0.182.